The molecule has 7 nitrogen and oxygen atoms in total. The van der Waals surface area contributed by atoms with Gasteiger partial charge in [-0.3, -0.25) is 9.69 Å². The van der Waals surface area contributed by atoms with Crippen molar-refractivity contribution in [3.8, 4) is 23.0 Å². The third-order valence-corrected chi connectivity index (χ3v) is 5.68. The number of methoxy groups -OCH3 is 3. The lowest BCUT2D eigenvalue weighted by Crippen LogP contribution is -2.39. The van der Waals surface area contributed by atoms with Crippen LogP contribution in [0.4, 0.5) is 5.69 Å². The first-order valence-corrected chi connectivity index (χ1v) is 12.0. The molecule has 0 spiro atoms. The quantitative estimate of drug-likeness (QED) is 0.366. The van der Waals surface area contributed by atoms with Crippen LogP contribution in [0.1, 0.15) is 52.2 Å². The second-order valence-electron chi connectivity index (χ2n) is 8.70. The third-order valence-electron chi connectivity index (χ3n) is 5.68. The normalized spacial score (nSPS) is 11.4. The first-order chi connectivity index (χ1) is 16.7. The predicted molar refractivity (Wildman–Crippen MR) is 143 cm³/mol. The van der Waals surface area contributed by atoms with Gasteiger partial charge in [0.05, 0.1) is 33.6 Å². The summed E-state index contributed by atoms with van der Waals surface area (Å²) in [4.78, 5) is 15.2. The smallest absolute Gasteiger partial charge is 0.225 e. The van der Waals surface area contributed by atoms with E-state index in [-0.39, 0.29) is 5.91 Å². The fourth-order valence-electron chi connectivity index (χ4n) is 3.99. The van der Waals surface area contributed by atoms with E-state index in [0.717, 1.165) is 11.1 Å². The molecule has 2 aromatic rings. The first-order valence-electron chi connectivity index (χ1n) is 12.0. The predicted octanol–water partition coefficient (Wildman–Crippen LogP) is 5.73. The van der Waals surface area contributed by atoms with Gasteiger partial charge in [0.1, 0.15) is 5.75 Å². The number of hydrogen-bond acceptors (Lipinski definition) is 6. The van der Waals surface area contributed by atoms with E-state index in [2.05, 4.69) is 37.9 Å². The van der Waals surface area contributed by atoms with Crippen LogP contribution in [0.15, 0.2) is 30.3 Å². The molecule has 0 aromatic heterocycles. The molecule has 0 heterocycles. The minimum atomic E-state index is -0.0348. The standard InChI is InChI=1S/C28H40N2O5/c1-9-35-23-13-12-22(11-10-21-16-25(32-6)28(34-8)26(17-21)33-7)24(18-23)29-27(31)14-15-30(19(2)3)20(4)5/h10-13,16-20H,9,14-15H2,1-8H3,(H,29,31)/b11-10-. The van der Waals surface area contributed by atoms with Gasteiger partial charge in [-0.1, -0.05) is 12.2 Å². The Hall–Kier alpha value is -3.19. The lowest BCUT2D eigenvalue weighted by Gasteiger charge is -2.30. The van der Waals surface area contributed by atoms with E-state index in [1.807, 2.05) is 49.4 Å². The minimum absolute atomic E-state index is 0.0348. The number of amides is 1. The molecule has 0 aliphatic heterocycles. The van der Waals surface area contributed by atoms with Gasteiger partial charge in [0, 0.05) is 31.1 Å². The Morgan fingerprint density at radius 1 is 0.943 bits per heavy atom. The summed E-state index contributed by atoms with van der Waals surface area (Å²) < 4.78 is 22.0. The van der Waals surface area contributed by atoms with Crippen LogP contribution in [0.3, 0.4) is 0 Å². The molecule has 1 N–H and O–H groups in total. The summed E-state index contributed by atoms with van der Waals surface area (Å²) in [6.07, 6.45) is 4.29. The number of benzene rings is 2. The number of anilines is 1. The molecular formula is C28H40N2O5. The van der Waals surface area contributed by atoms with Gasteiger partial charge in [-0.05, 0) is 70.0 Å². The van der Waals surface area contributed by atoms with Gasteiger partial charge >= 0.3 is 0 Å². The first kappa shape index (κ1) is 28.1. The topological polar surface area (TPSA) is 69.3 Å². The summed E-state index contributed by atoms with van der Waals surface area (Å²) in [5.74, 6) is 2.36. The van der Waals surface area contributed by atoms with E-state index < -0.39 is 0 Å². The van der Waals surface area contributed by atoms with Gasteiger partial charge in [0.25, 0.3) is 0 Å². The number of nitrogens with one attached hydrogen (secondary N) is 1. The van der Waals surface area contributed by atoms with Gasteiger partial charge in [0.2, 0.25) is 11.7 Å². The molecule has 0 aliphatic carbocycles. The van der Waals surface area contributed by atoms with Crippen molar-refractivity contribution in [1.29, 1.82) is 0 Å². The molecule has 2 aromatic carbocycles. The van der Waals surface area contributed by atoms with E-state index in [0.29, 0.717) is 60.3 Å². The van der Waals surface area contributed by atoms with Crippen molar-refractivity contribution in [2.75, 3.05) is 39.8 Å². The second kappa shape index (κ2) is 13.6. The van der Waals surface area contributed by atoms with Gasteiger partial charge in [0.15, 0.2) is 11.5 Å². The number of nitrogens with zero attached hydrogens (tertiary/aromatic N) is 1. The Labute approximate surface area is 210 Å². The maximum Gasteiger partial charge on any atom is 0.225 e. The fourth-order valence-corrected chi connectivity index (χ4v) is 3.99. The highest BCUT2D eigenvalue weighted by atomic mass is 16.5. The number of carbonyl (C=O) groups is 1. The van der Waals surface area contributed by atoms with E-state index in [1.54, 1.807) is 21.3 Å². The Morgan fingerprint density at radius 3 is 2.09 bits per heavy atom. The molecule has 7 heteroatoms. The molecular weight excluding hydrogens is 444 g/mol. The Bertz CT molecular complexity index is 968. The van der Waals surface area contributed by atoms with Crippen LogP contribution in [0.2, 0.25) is 0 Å². The average molecular weight is 485 g/mol. The van der Waals surface area contributed by atoms with E-state index >= 15 is 0 Å². The van der Waals surface area contributed by atoms with Crippen LogP contribution in [-0.2, 0) is 4.79 Å². The lowest BCUT2D eigenvalue weighted by molar-refractivity contribution is -0.116. The number of carbonyl (C=O) groups excluding carboxylic acids is 1. The molecule has 0 fully saturated rings. The summed E-state index contributed by atoms with van der Waals surface area (Å²) in [7, 11) is 4.75. The van der Waals surface area contributed by atoms with Crippen molar-refractivity contribution in [3.05, 3.63) is 41.5 Å². The molecule has 0 unspecified atom stereocenters. The van der Waals surface area contributed by atoms with Gasteiger partial charge in [-0.15, -0.1) is 0 Å². The zero-order valence-electron chi connectivity index (χ0n) is 22.3. The molecule has 192 valence electrons. The fraction of sp³-hybridized carbons (Fsp3) is 0.464. The van der Waals surface area contributed by atoms with E-state index in [9.17, 15) is 4.79 Å². The molecule has 0 saturated heterocycles. The van der Waals surface area contributed by atoms with Crippen LogP contribution in [0.25, 0.3) is 12.2 Å². The highest BCUT2D eigenvalue weighted by Crippen LogP contribution is 2.38. The Kier molecular flexibility index (Phi) is 10.9. The summed E-state index contributed by atoms with van der Waals surface area (Å²) in [5.41, 5.74) is 2.43. The summed E-state index contributed by atoms with van der Waals surface area (Å²) >= 11 is 0. The van der Waals surface area contributed by atoms with Crippen LogP contribution in [0, 0.1) is 0 Å². The highest BCUT2D eigenvalue weighted by Gasteiger charge is 2.16. The Balaban J connectivity index is 2.30. The summed E-state index contributed by atoms with van der Waals surface area (Å²) in [6.45, 7) is 11.8. The molecule has 0 atom stereocenters. The van der Waals surface area contributed by atoms with Crippen LogP contribution < -0.4 is 24.3 Å². The maximum absolute atomic E-state index is 12.8. The SMILES string of the molecule is CCOc1ccc(/C=C\c2cc(OC)c(OC)c(OC)c2)c(NC(=O)CCN(C(C)C)C(C)C)c1. The maximum atomic E-state index is 12.8. The molecule has 0 bridgehead atoms. The van der Waals surface area contributed by atoms with Crippen molar-refractivity contribution >= 4 is 23.7 Å². The monoisotopic (exact) mass is 484 g/mol. The number of rotatable bonds is 13. The lowest BCUT2D eigenvalue weighted by atomic mass is 10.1. The van der Waals surface area contributed by atoms with E-state index in [1.165, 1.54) is 0 Å². The molecule has 35 heavy (non-hydrogen) atoms. The van der Waals surface area contributed by atoms with Gasteiger partial charge < -0.3 is 24.3 Å². The zero-order valence-corrected chi connectivity index (χ0v) is 22.3. The van der Waals surface area contributed by atoms with Crippen molar-refractivity contribution < 1.29 is 23.7 Å². The van der Waals surface area contributed by atoms with Gasteiger partial charge in [-0.2, -0.15) is 0 Å². The second-order valence-corrected chi connectivity index (χ2v) is 8.70. The molecule has 1 amide bonds. The molecule has 2 rings (SSSR count). The summed E-state index contributed by atoms with van der Waals surface area (Å²) in [6, 6.07) is 10.2. The van der Waals surface area contributed by atoms with Gasteiger partial charge in [-0.25, -0.2) is 0 Å². The average Bonchev–Trinajstić information content (AvgIpc) is 2.82. The van der Waals surface area contributed by atoms with Crippen LogP contribution in [-0.4, -0.2) is 57.4 Å². The molecule has 0 radical (unpaired) electrons. The largest absolute Gasteiger partial charge is 0.494 e. The highest BCUT2D eigenvalue weighted by molar-refractivity contribution is 5.94. The van der Waals surface area contributed by atoms with Crippen molar-refractivity contribution in [2.45, 2.75) is 53.1 Å². The molecule has 0 saturated carbocycles. The zero-order chi connectivity index (χ0) is 26.0. The summed E-state index contributed by atoms with van der Waals surface area (Å²) in [5, 5.41) is 3.08. The minimum Gasteiger partial charge on any atom is -0.494 e. The van der Waals surface area contributed by atoms with Crippen molar-refractivity contribution in [3.63, 3.8) is 0 Å². The van der Waals surface area contributed by atoms with Crippen LogP contribution >= 0.6 is 0 Å². The van der Waals surface area contributed by atoms with E-state index in [4.69, 9.17) is 18.9 Å². The molecule has 0 aliphatic rings. The van der Waals surface area contributed by atoms with Crippen molar-refractivity contribution in [1.82, 2.24) is 4.90 Å². The third kappa shape index (κ3) is 7.92. The Morgan fingerprint density at radius 2 is 1.57 bits per heavy atom. The number of ether oxygens (including phenoxy) is 4. The number of hydrogen-bond donors (Lipinski definition) is 1. The van der Waals surface area contributed by atoms with Crippen LogP contribution in [0.5, 0.6) is 23.0 Å². The van der Waals surface area contributed by atoms with Crippen molar-refractivity contribution in [2.24, 2.45) is 0 Å².